The van der Waals surface area contributed by atoms with Crippen LogP contribution in [0.15, 0.2) is 0 Å². The summed E-state index contributed by atoms with van der Waals surface area (Å²) in [6, 6.07) is 0.591. The molecule has 0 aromatic carbocycles. The van der Waals surface area contributed by atoms with Crippen molar-refractivity contribution in [1.29, 1.82) is 0 Å². The summed E-state index contributed by atoms with van der Waals surface area (Å²) >= 11 is 0. The monoisotopic (exact) mass is 248 g/mol. The van der Waals surface area contributed by atoms with Crippen LogP contribution in [0.3, 0.4) is 0 Å². The molecule has 0 saturated heterocycles. The Bertz CT molecular complexity index is 411. The Kier molecular flexibility index (Phi) is 4.04. The molecule has 2 N–H and O–H groups in total. The predicted molar refractivity (Wildman–Crippen MR) is 76.1 cm³/mol. The van der Waals surface area contributed by atoms with Gasteiger partial charge in [0.05, 0.1) is 0 Å². The molecule has 0 spiro atoms. The van der Waals surface area contributed by atoms with Gasteiger partial charge in [-0.15, -0.1) is 0 Å². The molecule has 1 aromatic heterocycles. The molecule has 0 unspecified atom stereocenters. The number of hydrogen-bond acceptors (Lipinski definition) is 4. The third kappa shape index (κ3) is 2.74. The molecule has 1 aliphatic carbocycles. The van der Waals surface area contributed by atoms with Crippen LogP contribution in [0.2, 0.25) is 0 Å². The number of hydrogen-bond donors (Lipinski definition) is 2. The van der Waals surface area contributed by atoms with Gasteiger partial charge in [0.15, 0.2) is 0 Å². The predicted octanol–water partition coefficient (Wildman–Crippen LogP) is 2.99. The molecule has 1 aliphatic rings. The van der Waals surface area contributed by atoms with Gasteiger partial charge in [-0.05, 0) is 32.1 Å². The summed E-state index contributed by atoms with van der Waals surface area (Å²) in [5.41, 5.74) is 1.12. The second-order valence-corrected chi connectivity index (χ2v) is 5.38. The zero-order valence-corrected chi connectivity index (χ0v) is 11.9. The molecule has 18 heavy (non-hydrogen) atoms. The fourth-order valence-corrected chi connectivity index (χ4v) is 2.50. The van der Waals surface area contributed by atoms with Gasteiger partial charge in [0.2, 0.25) is 0 Å². The molecule has 4 nitrogen and oxygen atoms in total. The highest BCUT2D eigenvalue weighted by Gasteiger charge is 2.26. The van der Waals surface area contributed by atoms with Crippen molar-refractivity contribution >= 4 is 11.6 Å². The van der Waals surface area contributed by atoms with Gasteiger partial charge in [-0.25, -0.2) is 9.97 Å². The fraction of sp³-hybridized carbons (Fsp3) is 0.714. The maximum absolute atomic E-state index is 4.66. The Labute approximate surface area is 110 Å². The van der Waals surface area contributed by atoms with Crippen molar-refractivity contribution in [2.75, 3.05) is 17.7 Å². The molecule has 0 atom stereocenters. The number of rotatable bonds is 5. The summed E-state index contributed by atoms with van der Waals surface area (Å²) in [5, 5.41) is 6.72. The first-order chi connectivity index (χ1) is 8.63. The Morgan fingerprint density at radius 2 is 1.89 bits per heavy atom. The van der Waals surface area contributed by atoms with Crippen LogP contribution < -0.4 is 10.6 Å². The molecule has 0 radical (unpaired) electrons. The molecule has 2 rings (SSSR count). The minimum absolute atomic E-state index is 0.591. The molecule has 1 aromatic rings. The van der Waals surface area contributed by atoms with E-state index in [0.717, 1.165) is 41.8 Å². The van der Waals surface area contributed by atoms with Crippen LogP contribution in [-0.2, 0) is 6.42 Å². The Hall–Kier alpha value is -1.32. The molecule has 1 fully saturated rings. The zero-order valence-electron chi connectivity index (χ0n) is 11.9. The molecular weight excluding hydrogens is 224 g/mol. The SMILES string of the molecule is CCCc1nc(NC)c(C)c(NC2CC(C)C2)n1. The second-order valence-electron chi connectivity index (χ2n) is 5.38. The lowest BCUT2D eigenvalue weighted by molar-refractivity contribution is 0.308. The summed E-state index contributed by atoms with van der Waals surface area (Å²) < 4.78 is 0. The average molecular weight is 248 g/mol. The van der Waals surface area contributed by atoms with Crippen LogP contribution >= 0.6 is 0 Å². The van der Waals surface area contributed by atoms with Crippen molar-refractivity contribution in [3.8, 4) is 0 Å². The minimum atomic E-state index is 0.591. The topological polar surface area (TPSA) is 49.8 Å². The molecule has 0 amide bonds. The lowest BCUT2D eigenvalue weighted by atomic mass is 9.82. The van der Waals surface area contributed by atoms with E-state index in [2.05, 4.69) is 41.4 Å². The first kappa shape index (κ1) is 13.1. The third-order valence-electron chi connectivity index (χ3n) is 3.62. The highest BCUT2D eigenvalue weighted by Crippen LogP contribution is 2.30. The average Bonchev–Trinajstić information content (AvgIpc) is 2.31. The van der Waals surface area contributed by atoms with Gasteiger partial charge in [0.25, 0.3) is 0 Å². The summed E-state index contributed by atoms with van der Waals surface area (Å²) in [6.45, 7) is 6.53. The molecule has 4 heteroatoms. The summed E-state index contributed by atoms with van der Waals surface area (Å²) in [7, 11) is 1.92. The van der Waals surface area contributed by atoms with E-state index in [0.29, 0.717) is 6.04 Å². The van der Waals surface area contributed by atoms with Crippen LogP contribution in [-0.4, -0.2) is 23.1 Å². The summed E-state index contributed by atoms with van der Waals surface area (Å²) in [5.74, 6) is 3.74. The van der Waals surface area contributed by atoms with Crippen molar-refractivity contribution in [2.24, 2.45) is 5.92 Å². The molecular formula is C14H24N4. The summed E-state index contributed by atoms with van der Waals surface area (Å²) in [6.07, 6.45) is 4.51. The van der Waals surface area contributed by atoms with E-state index in [-0.39, 0.29) is 0 Å². The van der Waals surface area contributed by atoms with Crippen LogP contribution in [0.25, 0.3) is 0 Å². The van der Waals surface area contributed by atoms with Crippen LogP contribution in [0, 0.1) is 12.8 Å². The standard InChI is InChI=1S/C14H24N4/c1-5-6-12-17-13(15-4)10(3)14(18-12)16-11-7-9(2)8-11/h9,11H,5-8H2,1-4H3,(H2,15,16,17,18). The first-order valence-electron chi connectivity index (χ1n) is 6.95. The Morgan fingerprint density at radius 1 is 1.22 bits per heavy atom. The Balaban J connectivity index is 2.18. The quantitative estimate of drug-likeness (QED) is 0.841. The number of nitrogens with zero attached hydrogens (tertiary/aromatic N) is 2. The third-order valence-corrected chi connectivity index (χ3v) is 3.62. The highest BCUT2D eigenvalue weighted by atomic mass is 15.1. The van der Waals surface area contributed by atoms with Crippen LogP contribution in [0.1, 0.15) is 44.5 Å². The number of nitrogens with one attached hydrogen (secondary N) is 2. The van der Waals surface area contributed by atoms with Gasteiger partial charge in [-0.3, -0.25) is 0 Å². The lowest BCUT2D eigenvalue weighted by Gasteiger charge is -2.34. The van der Waals surface area contributed by atoms with Gasteiger partial charge in [-0.1, -0.05) is 13.8 Å². The second kappa shape index (κ2) is 5.55. The van der Waals surface area contributed by atoms with Crippen LogP contribution in [0.5, 0.6) is 0 Å². The van der Waals surface area contributed by atoms with Crippen molar-refractivity contribution in [2.45, 2.75) is 52.5 Å². The molecule has 1 heterocycles. The van der Waals surface area contributed by atoms with Crippen LogP contribution in [0.4, 0.5) is 11.6 Å². The smallest absolute Gasteiger partial charge is 0.134 e. The fourth-order valence-electron chi connectivity index (χ4n) is 2.50. The van der Waals surface area contributed by atoms with E-state index in [1.807, 2.05) is 7.05 Å². The maximum atomic E-state index is 4.66. The number of anilines is 2. The van der Waals surface area contributed by atoms with Gasteiger partial charge in [-0.2, -0.15) is 0 Å². The minimum Gasteiger partial charge on any atom is -0.373 e. The van der Waals surface area contributed by atoms with Gasteiger partial charge in [0, 0.05) is 25.1 Å². The van der Waals surface area contributed by atoms with E-state index in [9.17, 15) is 0 Å². The highest BCUT2D eigenvalue weighted by molar-refractivity contribution is 5.57. The van der Waals surface area contributed by atoms with E-state index >= 15 is 0 Å². The molecule has 0 aliphatic heterocycles. The van der Waals surface area contributed by atoms with Crippen molar-refractivity contribution < 1.29 is 0 Å². The summed E-state index contributed by atoms with van der Waals surface area (Å²) in [4.78, 5) is 9.20. The molecule has 1 saturated carbocycles. The van der Waals surface area contributed by atoms with E-state index in [1.165, 1.54) is 12.8 Å². The largest absolute Gasteiger partial charge is 0.373 e. The Morgan fingerprint density at radius 3 is 2.44 bits per heavy atom. The van der Waals surface area contributed by atoms with E-state index in [4.69, 9.17) is 0 Å². The van der Waals surface area contributed by atoms with E-state index in [1.54, 1.807) is 0 Å². The molecule has 100 valence electrons. The maximum Gasteiger partial charge on any atom is 0.134 e. The zero-order chi connectivity index (χ0) is 13.1. The molecule has 0 bridgehead atoms. The number of aryl methyl sites for hydroxylation is 1. The lowest BCUT2D eigenvalue weighted by Crippen LogP contribution is -2.34. The van der Waals surface area contributed by atoms with Crippen molar-refractivity contribution in [1.82, 2.24) is 9.97 Å². The van der Waals surface area contributed by atoms with Gasteiger partial charge >= 0.3 is 0 Å². The van der Waals surface area contributed by atoms with Gasteiger partial charge < -0.3 is 10.6 Å². The number of aromatic nitrogens is 2. The normalized spacial score (nSPS) is 22.4. The first-order valence-corrected chi connectivity index (χ1v) is 6.95. The van der Waals surface area contributed by atoms with Gasteiger partial charge in [0.1, 0.15) is 17.5 Å². The van der Waals surface area contributed by atoms with Crippen molar-refractivity contribution in [3.63, 3.8) is 0 Å². The van der Waals surface area contributed by atoms with Crippen molar-refractivity contribution in [3.05, 3.63) is 11.4 Å². The van der Waals surface area contributed by atoms with E-state index < -0.39 is 0 Å².